The summed E-state index contributed by atoms with van der Waals surface area (Å²) in [6.45, 7) is 6.42. The van der Waals surface area contributed by atoms with Crippen LogP contribution in [-0.2, 0) is 13.5 Å². The second-order valence-electron chi connectivity index (χ2n) is 3.68. The minimum atomic E-state index is 0.651. The number of aryl methyl sites for hydroxylation is 1. The molecule has 0 aliphatic carbocycles. The molecule has 0 unspecified atom stereocenters. The first-order valence-electron chi connectivity index (χ1n) is 4.30. The molecular weight excluding hydrogens is 150 g/mol. The van der Waals surface area contributed by atoms with Crippen molar-refractivity contribution in [3.05, 3.63) is 11.3 Å². The molecule has 1 heterocycles. The summed E-state index contributed by atoms with van der Waals surface area (Å²) in [7, 11) is 1.95. The van der Waals surface area contributed by atoms with Gasteiger partial charge in [-0.05, 0) is 19.3 Å². The smallest absolute Gasteiger partial charge is 0.148 e. The Morgan fingerprint density at radius 2 is 2.08 bits per heavy atom. The second-order valence-corrected chi connectivity index (χ2v) is 3.68. The normalized spacial score (nSPS) is 11.1. The van der Waals surface area contributed by atoms with Crippen LogP contribution in [-0.4, -0.2) is 9.78 Å². The Balaban J connectivity index is 2.97. The third-order valence-corrected chi connectivity index (χ3v) is 2.07. The van der Waals surface area contributed by atoms with E-state index in [1.165, 1.54) is 5.69 Å². The zero-order chi connectivity index (χ0) is 9.30. The highest BCUT2D eigenvalue weighted by atomic mass is 15.3. The zero-order valence-corrected chi connectivity index (χ0v) is 8.26. The first-order chi connectivity index (χ1) is 5.52. The Hall–Kier alpha value is -0.990. The number of hydrogen-bond donors (Lipinski definition) is 1. The summed E-state index contributed by atoms with van der Waals surface area (Å²) in [6, 6.07) is 0. The van der Waals surface area contributed by atoms with Gasteiger partial charge in [-0.25, -0.2) is 0 Å². The maximum Gasteiger partial charge on any atom is 0.148 e. The fourth-order valence-electron chi connectivity index (χ4n) is 1.36. The Morgan fingerprint density at radius 1 is 1.50 bits per heavy atom. The van der Waals surface area contributed by atoms with Gasteiger partial charge in [0.15, 0.2) is 0 Å². The van der Waals surface area contributed by atoms with Gasteiger partial charge in [0.2, 0.25) is 0 Å². The second kappa shape index (κ2) is 3.17. The Kier molecular flexibility index (Phi) is 2.40. The van der Waals surface area contributed by atoms with E-state index in [0.717, 1.165) is 12.0 Å². The van der Waals surface area contributed by atoms with Crippen molar-refractivity contribution in [1.29, 1.82) is 0 Å². The molecule has 12 heavy (non-hydrogen) atoms. The first-order valence-corrected chi connectivity index (χ1v) is 4.30. The Labute approximate surface area is 73.6 Å². The topological polar surface area (TPSA) is 43.8 Å². The summed E-state index contributed by atoms with van der Waals surface area (Å²) >= 11 is 0. The van der Waals surface area contributed by atoms with Crippen molar-refractivity contribution < 1.29 is 0 Å². The number of nitrogen functional groups attached to an aromatic ring is 1. The predicted molar refractivity (Wildman–Crippen MR) is 50.9 cm³/mol. The number of nitrogens with two attached hydrogens (primary N) is 1. The third-order valence-electron chi connectivity index (χ3n) is 2.07. The van der Waals surface area contributed by atoms with Crippen molar-refractivity contribution in [1.82, 2.24) is 9.78 Å². The molecular formula is C9H17N3. The average Bonchev–Trinajstić information content (AvgIpc) is 2.16. The zero-order valence-electron chi connectivity index (χ0n) is 8.26. The van der Waals surface area contributed by atoms with Crippen LogP contribution in [0.25, 0.3) is 0 Å². The number of hydrogen-bond acceptors (Lipinski definition) is 2. The van der Waals surface area contributed by atoms with Crippen molar-refractivity contribution in [3.8, 4) is 0 Å². The molecule has 0 saturated carbocycles. The lowest BCUT2D eigenvalue weighted by atomic mass is 10.1. The van der Waals surface area contributed by atoms with Gasteiger partial charge in [0.25, 0.3) is 0 Å². The molecule has 3 nitrogen and oxygen atoms in total. The summed E-state index contributed by atoms with van der Waals surface area (Å²) in [6.07, 6.45) is 1.05. The molecule has 3 heteroatoms. The number of anilines is 1. The lowest BCUT2D eigenvalue weighted by molar-refractivity contribution is 0.594. The molecule has 0 fully saturated rings. The SMILES string of the molecule is Cc1c(N)nn(C)c1CC(C)C. The molecule has 0 amide bonds. The highest BCUT2D eigenvalue weighted by molar-refractivity contribution is 5.41. The molecule has 0 aromatic carbocycles. The van der Waals surface area contributed by atoms with Crippen molar-refractivity contribution >= 4 is 5.82 Å². The highest BCUT2D eigenvalue weighted by Gasteiger charge is 2.10. The van der Waals surface area contributed by atoms with Gasteiger partial charge in [0.05, 0.1) is 0 Å². The molecule has 0 aliphatic rings. The highest BCUT2D eigenvalue weighted by Crippen LogP contribution is 2.17. The molecule has 1 aromatic heterocycles. The minimum Gasteiger partial charge on any atom is -0.382 e. The maximum atomic E-state index is 5.69. The maximum absolute atomic E-state index is 5.69. The van der Waals surface area contributed by atoms with E-state index >= 15 is 0 Å². The van der Waals surface area contributed by atoms with Gasteiger partial charge in [0, 0.05) is 18.3 Å². The van der Waals surface area contributed by atoms with Crippen molar-refractivity contribution in [2.24, 2.45) is 13.0 Å². The Morgan fingerprint density at radius 3 is 2.42 bits per heavy atom. The monoisotopic (exact) mass is 167 g/mol. The van der Waals surface area contributed by atoms with Crippen LogP contribution < -0.4 is 5.73 Å². The Bertz CT molecular complexity index is 274. The van der Waals surface area contributed by atoms with E-state index in [1.54, 1.807) is 0 Å². The van der Waals surface area contributed by atoms with Gasteiger partial charge in [-0.1, -0.05) is 13.8 Å². The molecule has 0 aliphatic heterocycles. The van der Waals surface area contributed by atoms with Gasteiger partial charge >= 0.3 is 0 Å². The predicted octanol–water partition coefficient (Wildman–Crippen LogP) is 1.51. The summed E-state index contributed by atoms with van der Waals surface area (Å²) < 4.78 is 1.88. The average molecular weight is 167 g/mol. The number of nitrogens with zero attached hydrogens (tertiary/aromatic N) is 2. The molecule has 2 N–H and O–H groups in total. The van der Waals surface area contributed by atoms with Gasteiger partial charge < -0.3 is 5.73 Å². The molecule has 68 valence electrons. The van der Waals surface area contributed by atoms with E-state index in [-0.39, 0.29) is 0 Å². The molecule has 0 bridgehead atoms. The van der Waals surface area contributed by atoms with Crippen LogP contribution in [0.3, 0.4) is 0 Å². The number of rotatable bonds is 2. The third kappa shape index (κ3) is 1.60. The van der Waals surface area contributed by atoms with Crippen LogP contribution in [0, 0.1) is 12.8 Å². The van der Waals surface area contributed by atoms with Crippen molar-refractivity contribution in [2.75, 3.05) is 5.73 Å². The van der Waals surface area contributed by atoms with Gasteiger partial charge in [-0.3, -0.25) is 4.68 Å². The van der Waals surface area contributed by atoms with E-state index < -0.39 is 0 Å². The van der Waals surface area contributed by atoms with E-state index in [1.807, 2.05) is 18.7 Å². The molecule has 0 atom stereocenters. The molecule has 1 rings (SSSR count). The minimum absolute atomic E-state index is 0.651. The van der Waals surface area contributed by atoms with Gasteiger partial charge in [-0.15, -0.1) is 0 Å². The van der Waals surface area contributed by atoms with E-state index in [0.29, 0.717) is 11.7 Å². The quantitative estimate of drug-likeness (QED) is 0.725. The standard InChI is InChI=1S/C9H17N3/c1-6(2)5-8-7(3)9(10)11-12(8)4/h6H,5H2,1-4H3,(H2,10,11). The largest absolute Gasteiger partial charge is 0.382 e. The van der Waals surface area contributed by atoms with Gasteiger partial charge in [-0.2, -0.15) is 5.10 Å². The molecule has 0 saturated heterocycles. The number of aromatic nitrogens is 2. The lowest BCUT2D eigenvalue weighted by Crippen LogP contribution is -2.03. The van der Waals surface area contributed by atoms with E-state index in [4.69, 9.17) is 5.73 Å². The van der Waals surface area contributed by atoms with Crippen LogP contribution in [0.2, 0.25) is 0 Å². The van der Waals surface area contributed by atoms with Crippen LogP contribution in [0.1, 0.15) is 25.1 Å². The summed E-state index contributed by atoms with van der Waals surface area (Å²) in [5, 5.41) is 4.16. The fraction of sp³-hybridized carbons (Fsp3) is 0.667. The summed E-state index contributed by atoms with van der Waals surface area (Å²) in [5.41, 5.74) is 8.07. The molecule has 0 spiro atoms. The van der Waals surface area contributed by atoms with Gasteiger partial charge in [0.1, 0.15) is 5.82 Å². The van der Waals surface area contributed by atoms with Crippen LogP contribution >= 0.6 is 0 Å². The lowest BCUT2D eigenvalue weighted by Gasteiger charge is -2.05. The molecule has 0 radical (unpaired) electrons. The van der Waals surface area contributed by atoms with Crippen molar-refractivity contribution in [2.45, 2.75) is 27.2 Å². The summed E-state index contributed by atoms with van der Waals surface area (Å²) in [5.74, 6) is 1.31. The van der Waals surface area contributed by atoms with Crippen LogP contribution in [0.15, 0.2) is 0 Å². The van der Waals surface area contributed by atoms with Crippen molar-refractivity contribution in [3.63, 3.8) is 0 Å². The van der Waals surface area contributed by atoms with E-state index in [2.05, 4.69) is 18.9 Å². The van der Waals surface area contributed by atoms with Crippen LogP contribution in [0.5, 0.6) is 0 Å². The first kappa shape index (κ1) is 9.10. The fourth-order valence-corrected chi connectivity index (χ4v) is 1.36. The summed E-state index contributed by atoms with van der Waals surface area (Å²) in [4.78, 5) is 0. The van der Waals surface area contributed by atoms with Crippen LogP contribution in [0.4, 0.5) is 5.82 Å². The molecule has 1 aromatic rings. The van der Waals surface area contributed by atoms with E-state index in [9.17, 15) is 0 Å².